The molecule has 0 atom stereocenters. The van der Waals surface area contributed by atoms with Gasteiger partial charge in [-0.05, 0) is 89.6 Å². The number of hydrogen-bond donors (Lipinski definition) is 0. The highest BCUT2D eigenvalue weighted by atomic mass is 28.5. The van der Waals surface area contributed by atoms with Gasteiger partial charge < -0.3 is 25.7 Å². The molecular formula is C45H133N7Si12+2. The van der Waals surface area contributed by atoms with Crippen LogP contribution in [0.15, 0.2) is 0 Å². The lowest BCUT2D eigenvalue weighted by atomic mass is 11.0. The van der Waals surface area contributed by atoms with E-state index >= 15 is 0 Å². The summed E-state index contributed by atoms with van der Waals surface area (Å²) < 4.78 is 15.7. The second-order valence-electron chi connectivity index (χ2n) is 30.3. The highest BCUT2D eigenvalue weighted by Gasteiger charge is 2.48. The second kappa shape index (κ2) is 29.5. The highest BCUT2D eigenvalue weighted by molar-refractivity contribution is 7.05. The third-order valence-corrected chi connectivity index (χ3v) is 63.4. The quantitative estimate of drug-likeness (QED) is 0.142. The van der Waals surface area contributed by atoms with E-state index in [1.165, 1.54) is 0 Å². The van der Waals surface area contributed by atoms with Gasteiger partial charge in [-0.3, -0.25) is 4.57 Å². The normalized spacial score (nSPS) is 14.0. The molecule has 0 heterocycles. The molecule has 0 aromatic carbocycles. The van der Waals surface area contributed by atoms with Gasteiger partial charge in [0.15, 0.2) is 0 Å². The van der Waals surface area contributed by atoms with E-state index in [2.05, 4.69) is 303 Å². The zero-order chi connectivity index (χ0) is 55.0. The Morgan fingerprint density at radius 3 is 0.328 bits per heavy atom. The van der Waals surface area contributed by atoms with E-state index in [0.29, 0.717) is 0 Å². The Labute approximate surface area is 425 Å². The van der Waals surface area contributed by atoms with Gasteiger partial charge in [0, 0.05) is 13.1 Å². The zero-order valence-electron chi connectivity index (χ0n) is 53.5. The first kappa shape index (κ1) is 80.2. The van der Waals surface area contributed by atoms with Gasteiger partial charge in [-0.1, -0.05) is 196 Å². The molecule has 0 fully saturated rings. The Bertz CT molecular complexity index is 983. The summed E-state index contributed by atoms with van der Waals surface area (Å²) in [7, 11) is 6.00. The Morgan fingerprint density at radius 1 is 0.203 bits per heavy atom. The minimum absolute atomic E-state index is 0.901. The molecule has 0 N–H and O–H groups in total. The van der Waals surface area contributed by atoms with Crippen molar-refractivity contribution in [3.8, 4) is 0 Å². The van der Waals surface area contributed by atoms with Crippen LogP contribution in [0.1, 0.15) is 0 Å². The predicted molar refractivity (Wildman–Crippen MR) is 345 cm³/mol. The molecule has 64 heavy (non-hydrogen) atoms. The van der Waals surface area contributed by atoms with Crippen LogP contribution in [-0.2, 0) is 0 Å². The van der Waals surface area contributed by atoms with E-state index < -0.39 is 98.8 Å². The van der Waals surface area contributed by atoms with Crippen molar-refractivity contribution in [1.29, 1.82) is 0 Å². The third-order valence-electron chi connectivity index (χ3n) is 10.5. The van der Waals surface area contributed by atoms with Gasteiger partial charge in [-0.15, -0.1) is 0 Å². The third kappa shape index (κ3) is 46.4. The molecule has 0 amide bonds. The minimum Gasteiger partial charge on any atom is -0.369 e. The van der Waals surface area contributed by atoms with Gasteiger partial charge in [0.25, 0.3) is 0 Å². The molecule has 0 aliphatic rings. The fourth-order valence-corrected chi connectivity index (χ4v) is 70.7. The first-order valence-electron chi connectivity index (χ1n) is 24.4. The van der Waals surface area contributed by atoms with Crippen molar-refractivity contribution < 1.29 is 0 Å². The first-order valence-corrected chi connectivity index (χ1v) is 65.2. The zero-order valence-corrected chi connectivity index (χ0v) is 65.5. The summed E-state index contributed by atoms with van der Waals surface area (Å²) in [5.74, 6) is 0. The molecule has 394 valence electrons. The Morgan fingerprint density at radius 2 is 0.328 bits per heavy atom. The summed E-state index contributed by atoms with van der Waals surface area (Å²) >= 11 is 0. The lowest BCUT2D eigenvalue weighted by Gasteiger charge is -2.51. The largest absolute Gasteiger partial charge is 0.369 e. The van der Waals surface area contributed by atoms with Crippen LogP contribution in [0.25, 0.3) is 0 Å². The van der Waals surface area contributed by atoms with E-state index in [1.807, 2.05) is 26.0 Å². The van der Waals surface area contributed by atoms with E-state index in [1.54, 1.807) is 0 Å². The summed E-state index contributed by atoms with van der Waals surface area (Å²) in [4.78, 5) is 2.00. The molecule has 0 unspecified atom stereocenters. The number of nitrogens with zero attached hydrogens (tertiary/aromatic N) is 7. The fourth-order valence-electron chi connectivity index (χ4n) is 7.85. The molecule has 0 bridgehead atoms. The van der Waals surface area contributed by atoms with Crippen LogP contribution < -0.4 is 0 Å². The molecule has 0 aliphatic heterocycles. The molecule has 0 rings (SSSR count). The number of hydrogen-bond acceptors (Lipinski definition) is 7. The van der Waals surface area contributed by atoms with Crippen molar-refractivity contribution in [2.45, 2.75) is 223 Å². The average Bonchev–Trinajstić information content (AvgIpc) is 2.85. The Kier molecular flexibility index (Phi) is 37.0. The molecule has 0 saturated heterocycles. The van der Waals surface area contributed by atoms with E-state index in [0.717, 1.165) is 0 Å². The van der Waals surface area contributed by atoms with Gasteiger partial charge in [-0.2, -0.15) is 0 Å². The van der Waals surface area contributed by atoms with Crippen molar-refractivity contribution in [2.75, 3.05) is 63.4 Å². The van der Waals surface area contributed by atoms with Gasteiger partial charge >= 0.3 is 16.5 Å². The summed E-state index contributed by atoms with van der Waals surface area (Å²) in [5.41, 5.74) is 0. The smallest absolute Gasteiger partial charge is 0.338 e. The van der Waals surface area contributed by atoms with Gasteiger partial charge in [0.05, 0.1) is 0 Å². The maximum atomic E-state index is 4.44. The highest BCUT2D eigenvalue weighted by Crippen LogP contribution is 2.28. The monoisotopic (exact) mass is 1110 g/mol. The number of rotatable bonds is 12. The second-order valence-corrected chi connectivity index (χ2v) is 91.7. The molecule has 0 aliphatic carbocycles. The van der Waals surface area contributed by atoms with E-state index in [4.69, 9.17) is 0 Å². The molecule has 19 heteroatoms. The fraction of sp³-hybridized carbons (Fsp3) is 0.956. The maximum Gasteiger partial charge on any atom is 0.338 e. The average molecular weight is 1110 g/mol. The molecule has 0 radical (unpaired) electrons. The minimum atomic E-state index is -1.35. The van der Waals surface area contributed by atoms with E-state index in [9.17, 15) is 0 Å². The van der Waals surface area contributed by atoms with Crippen LogP contribution in [0.5, 0.6) is 0 Å². The Balaban J connectivity index is -0.000000121. The van der Waals surface area contributed by atoms with E-state index in [-0.39, 0.29) is 0 Å². The van der Waals surface area contributed by atoms with Crippen LogP contribution in [0.2, 0.25) is 223 Å². The van der Waals surface area contributed by atoms with Crippen molar-refractivity contribution in [3.05, 3.63) is 13.1 Å². The van der Waals surface area contributed by atoms with Gasteiger partial charge in [-0.25, -0.2) is 0 Å². The molecule has 7 nitrogen and oxygen atoms in total. The van der Waals surface area contributed by atoms with Crippen molar-refractivity contribution >= 4 is 98.8 Å². The lowest BCUT2D eigenvalue weighted by Crippen LogP contribution is -2.69. The molecule has 0 saturated carbocycles. The van der Waals surface area contributed by atoms with Crippen molar-refractivity contribution in [1.82, 2.24) is 30.3 Å². The topological polar surface area (TPSA) is 22.7 Å². The van der Waals surface area contributed by atoms with Gasteiger partial charge in [0.1, 0.15) is 82.4 Å². The standard InChI is InChI=1S/C9H27NSi3.C9H26NSi3.2C7H21NSi2.C5H15NSi.C5H14NSi.C3H9N/c2*1-11(2,3)10(12(4,5)6)13(7,8)9;2*1-8(9(2,3)4)10(5,6)7;2*1-6(2)7(3,4)5;1-4(2)3/h1-9H3;1H2,2-9H3;2*1-7H3;1-5H3;3H2,1-2,4-5H3;1-3H3/q;+1;;;;+1;. The molecular weight excluding hydrogens is 976 g/mol. The maximum absolute atomic E-state index is 4.44. The van der Waals surface area contributed by atoms with Crippen LogP contribution in [-0.4, -0.2) is 193 Å². The van der Waals surface area contributed by atoms with Crippen molar-refractivity contribution in [2.24, 2.45) is 0 Å². The van der Waals surface area contributed by atoms with Crippen LogP contribution >= 0.6 is 0 Å². The molecule has 0 spiro atoms. The first-order chi connectivity index (χ1) is 26.7. The van der Waals surface area contributed by atoms with Crippen LogP contribution in [0, 0.1) is 13.1 Å². The Hall–Kier alpha value is 2.06. The predicted octanol–water partition coefficient (Wildman–Crippen LogP) is 15.2. The van der Waals surface area contributed by atoms with Crippen LogP contribution in [0.4, 0.5) is 0 Å². The summed E-state index contributed by atoms with van der Waals surface area (Å²) in [5, 5.41) is 0. The lowest BCUT2D eigenvalue weighted by molar-refractivity contribution is 0.505. The van der Waals surface area contributed by atoms with Crippen molar-refractivity contribution in [3.63, 3.8) is 0 Å². The van der Waals surface area contributed by atoms with Crippen LogP contribution in [0.3, 0.4) is 0 Å². The molecule has 0 aromatic heterocycles. The SMILES string of the molecule is CN(C)C.CN(C)[Si](C)(C)C.CN([Si](C)(C)C)[Si](C)(C)C.CN([Si](C)(C)C)[Si](C)(C)C.C[Si](C)(C)N([Si](C)(C)C)[Si](C)(C)C.[CH2+][Si](C)(C)N(C)C.[CH2+][Si](C)(C)N([Si](C)(C)C)[Si](C)(C)C. The summed E-state index contributed by atoms with van der Waals surface area (Å²) in [6.45, 7) is 90.6. The summed E-state index contributed by atoms with van der Waals surface area (Å²) in [6, 6.07) is 0. The molecule has 0 aromatic rings. The summed E-state index contributed by atoms with van der Waals surface area (Å²) in [6.07, 6.45) is 0. The van der Waals surface area contributed by atoms with Gasteiger partial charge in [0.2, 0.25) is 0 Å².